The Kier molecular flexibility index (Phi) is 4.17. The molecule has 0 fully saturated rings. The summed E-state index contributed by atoms with van der Waals surface area (Å²) in [7, 11) is 1.53. The SMILES string of the molecule is CNC(=O)[C@@H]1CN(C(=O)c2ccc(C#N)cc2)c2ccccc2O1. The molecule has 2 aromatic carbocycles. The van der Waals surface area contributed by atoms with E-state index in [-0.39, 0.29) is 18.4 Å². The van der Waals surface area contributed by atoms with Gasteiger partial charge in [0.05, 0.1) is 23.9 Å². The Labute approximate surface area is 139 Å². The largest absolute Gasteiger partial charge is 0.477 e. The molecule has 2 aromatic rings. The average molecular weight is 321 g/mol. The number of fused-ring (bicyclic) bond motifs is 1. The molecule has 0 unspecified atom stereocenters. The molecule has 6 nitrogen and oxygen atoms in total. The molecule has 0 saturated carbocycles. The van der Waals surface area contributed by atoms with Crippen molar-refractivity contribution in [2.75, 3.05) is 18.5 Å². The van der Waals surface area contributed by atoms with Gasteiger partial charge < -0.3 is 15.0 Å². The lowest BCUT2D eigenvalue weighted by Crippen LogP contribution is -2.50. The third-order valence-electron chi connectivity index (χ3n) is 3.82. The molecule has 0 aromatic heterocycles. The zero-order valence-corrected chi connectivity index (χ0v) is 13.0. The minimum absolute atomic E-state index is 0.121. The third-order valence-corrected chi connectivity index (χ3v) is 3.82. The highest BCUT2D eigenvalue weighted by atomic mass is 16.5. The van der Waals surface area contributed by atoms with Gasteiger partial charge in [0.1, 0.15) is 5.75 Å². The molecule has 1 aliphatic rings. The Morgan fingerprint density at radius 1 is 1.21 bits per heavy atom. The Morgan fingerprint density at radius 3 is 2.58 bits per heavy atom. The van der Waals surface area contributed by atoms with Crippen LogP contribution in [0, 0.1) is 11.3 Å². The number of hydrogen-bond donors (Lipinski definition) is 1. The predicted octanol–water partition coefficient (Wildman–Crippen LogP) is 1.71. The number of ether oxygens (including phenoxy) is 1. The summed E-state index contributed by atoms with van der Waals surface area (Å²) in [6.07, 6.45) is -0.771. The maximum atomic E-state index is 12.9. The van der Waals surface area contributed by atoms with E-state index in [1.807, 2.05) is 12.1 Å². The molecule has 0 bridgehead atoms. The summed E-state index contributed by atoms with van der Waals surface area (Å²) < 4.78 is 5.69. The van der Waals surface area contributed by atoms with Gasteiger partial charge in [-0.15, -0.1) is 0 Å². The van der Waals surface area contributed by atoms with Gasteiger partial charge in [-0.25, -0.2) is 0 Å². The van der Waals surface area contributed by atoms with Crippen LogP contribution >= 0.6 is 0 Å². The second-order valence-electron chi connectivity index (χ2n) is 5.29. The quantitative estimate of drug-likeness (QED) is 0.913. The molecule has 6 heteroatoms. The molecule has 1 N–H and O–H groups in total. The fourth-order valence-electron chi connectivity index (χ4n) is 2.57. The van der Waals surface area contributed by atoms with Gasteiger partial charge in [-0.3, -0.25) is 9.59 Å². The van der Waals surface area contributed by atoms with Gasteiger partial charge in [0.2, 0.25) is 0 Å². The van der Waals surface area contributed by atoms with Crippen LogP contribution in [-0.4, -0.2) is 31.5 Å². The number of likely N-dealkylation sites (N-methyl/N-ethyl adjacent to an activating group) is 1. The number of carbonyl (C=O) groups is 2. The minimum atomic E-state index is -0.771. The first-order valence-corrected chi connectivity index (χ1v) is 7.43. The van der Waals surface area contributed by atoms with Crippen LogP contribution in [0.1, 0.15) is 15.9 Å². The monoisotopic (exact) mass is 321 g/mol. The topological polar surface area (TPSA) is 82.4 Å². The molecule has 2 amide bonds. The molecule has 0 radical (unpaired) electrons. The lowest BCUT2D eigenvalue weighted by molar-refractivity contribution is -0.127. The van der Waals surface area contributed by atoms with E-state index in [4.69, 9.17) is 10.00 Å². The number of nitrogens with zero attached hydrogens (tertiary/aromatic N) is 2. The van der Waals surface area contributed by atoms with Gasteiger partial charge in [0.25, 0.3) is 11.8 Å². The number of nitrogens with one attached hydrogen (secondary N) is 1. The lowest BCUT2D eigenvalue weighted by Gasteiger charge is -2.34. The summed E-state index contributed by atoms with van der Waals surface area (Å²) in [6.45, 7) is 0.121. The van der Waals surface area contributed by atoms with Gasteiger partial charge in [-0.1, -0.05) is 12.1 Å². The Balaban J connectivity index is 1.96. The van der Waals surface area contributed by atoms with Crippen LogP contribution in [-0.2, 0) is 4.79 Å². The summed E-state index contributed by atoms with van der Waals surface area (Å²) in [6, 6.07) is 15.5. The minimum Gasteiger partial charge on any atom is -0.477 e. The van der Waals surface area contributed by atoms with Crippen molar-refractivity contribution >= 4 is 17.5 Å². The number of benzene rings is 2. The van der Waals surface area contributed by atoms with Crippen molar-refractivity contribution in [3.05, 3.63) is 59.7 Å². The summed E-state index contributed by atoms with van der Waals surface area (Å²) in [4.78, 5) is 26.4. The number of carbonyl (C=O) groups excluding carboxylic acids is 2. The van der Waals surface area contributed by atoms with Crippen molar-refractivity contribution in [3.8, 4) is 11.8 Å². The summed E-state index contributed by atoms with van der Waals surface area (Å²) in [5.41, 5.74) is 1.55. The Morgan fingerprint density at radius 2 is 1.92 bits per heavy atom. The normalized spacial score (nSPS) is 15.7. The number of anilines is 1. The van der Waals surface area contributed by atoms with E-state index >= 15 is 0 Å². The number of nitriles is 1. The first-order valence-electron chi connectivity index (χ1n) is 7.43. The van der Waals surface area contributed by atoms with E-state index in [2.05, 4.69) is 5.32 Å². The van der Waals surface area contributed by atoms with E-state index < -0.39 is 6.10 Å². The molecule has 3 rings (SSSR count). The molecule has 1 heterocycles. The van der Waals surface area contributed by atoms with Gasteiger partial charge in [-0.2, -0.15) is 5.26 Å². The van der Waals surface area contributed by atoms with Gasteiger partial charge in [0.15, 0.2) is 6.10 Å². The first kappa shape index (κ1) is 15.6. The van der Waals surface area contributed by atoms with E-state index in [1.165, 1.54) is 11.9 Å². The van der Waals surface area contributed by atoms with Gasteiger partial charge in [0, 0.05) is 12.6 Å². The highest BCUT2D eigenvalue weighted by Crippen LogP contribution is 2.34. The molecule has 0 saturated heterocycles. The van der Waals surface area contributed by atoms with Crippen LogP contribution in [0.3, 0.4) is 0 Å². The number of amides is 2. The van der Waals surface area contributed by atoms with E-state index in [1.54, 1.807) is 42.5 Å². The highest BCUT2D eigenvalue weighted by Gasteiger charge is 2.33. The second kappa shape index (κ2) is 6.42. The maximum absolute atomic E-state index is 12.9. The fraction of sp³-hybridized carbons (Fsp3) is 0.167. The third kappa shape index (κ3) is 2.79. The summed E-state index contributed by atoms with van der Waals surface area (Å²) in [5.74, 6) is -0.0504. The molecule has 120 valence electrons. The molecule has 0 aliphatic carbocycles. The van der Waals surface area contributed by atoms with Crippen LogP contribution in [0.15, 0.2) is 48.5 Å². The second-order valence-corrected chi connectivity index (χ2v) is 5.29. The first-order chi connectivity index (χ1) is 11.6. The Hall–Kier alpha value is -3.33. The van der Waals surface area contributed by atoms with Gasteiger partial charge >= 0.3 is 0 Å². The highest BCUT2D eigenvalue weighted by molar-refractivity contribution is 6.07. The summed E-state index contributed by atoms with van der Waals surface area (Å²) >= 11 is 0. The smallest absolute Gasteiger partial charge is 0.262 e. The van der Waals surface area contributed by atoms with Crippen LogP contribution in [0.5, 0.6) is 5.75 Å². The van der Waals surface area contributed by atoms with Crippen molar-refractivity contribution < 1.29 is 14.3 Å². The molecule has 24 heavy (non-hydrogen) atoms. The zero-order valence-electron chi connectivity index (χ0n) is 13.0. The predicted molar refractivity (Wildman–Crippen MR) is 87.8 cm³/mol. The number of rotatable bonds is 2. The maximum Gasteiger partial charge on any atom is 0.262 e. The summed E-state index contributed by atoms with van der Waals surface area (Å²) in [5, 5.41) is 11.4. The molecule has 1 atom stereocenters. The van der Waals surface area contributed by atoms with E-state index in [9.17, 15) is 9.59 Å². The molecule has 1 aliphatic heterocycles. The van der Waals surface area contributed by atoms with E-state index in [0.29, 0.717) is 22.6 Å². The molecule has 0 spiro atoms. The van der Waals surface area contributed by atoms with Crippen molar-refractivity contribution in [2.45, 2.75) is 6.10 Å². The van der Waals surface area contributed by atoms with Crippen LogP contribution in [0.25, 0.3) is 0 Å². The van der Waals surface area contributed by atoms with Crippen molar-refractivity contribution in [1.82, 2.24) is 5.32 Å². The van der Waals surface area contributed by atoms with Crippen LogP contribution < -0.4 is 15.0 Å². The van der Waals surface area contributed by atoms with E-state index in [0.717, 1.165) is 0 Å². The molecular formula is C18H15N3O3. The molecular weight excluding hydrogens is 306 g/mol. The number of para-hydroxylation sites is 2. The van der Waals surface area contributed by atoms with Crippen LogP contribution in [0.2, 0.25) is 0 Å². The average Bonchev–Trinajstić information content (AvgIpc) is 2.66. The van der Waals surface area contributed by atoms with Crippen molar-refractivity contribution in [3.63, 3.8) is 0 Å². The fourth-order valence-corrected chi connectivity index (χ4v) is 2.57. The van der Waals surface area contributed by atoms with Crippen LogP contribution in [0.4, 0.5) is 5.69 Å². The van der Waals surface area contributed by atoms with Crippen molar-refractivity contribution in [1.29, 1.82) is 5.26 Å². The Bertz CT molecular complexity index is 824. The zero-order chi connectivity index (χ0) is 17.1. The van der Waals surface area contributed by atoms with Crippen molar-refractivity contribution in [2.24, 2.45) is 0 Å². The van der Waals surface area contributed by atoms with Gasteiger partial charge in [-0.05, 0) is 36.4 Å². The standard InChI is InChI=1S/C18H15N3O3/c1-20-17(22)16-11-21(14-4-2-3-5-15(14)24-16)18(23)13-8-6-12(10-19)7-9-13/h2-9,16H,11H2,1H3,(H,20,22)/t16-/m0/s1. The lowest BCUT2D eigenvalue weighted by atomic mass is 10.1. The number of hydrogen-bond acceptors (Lipinski definition) is 4.